The number of nitrogens with zero attached hydrogens (tertiary/aromatic N) is 1. The third-order valence-electron chi connectivity index (χ3n) is 4.01. The Bertz CT molecular complexity index is 563. The number of halogens is 1. The molecule has 1 fully saturated rings. The Kier molecular flexibility index (Phi) is 2.47. The van der Waals surface area contributed by atoms with E-state index < -0.39 is 11.0 Å². The van der Waals surface area contributed by atoms with Crippen molar-refractivity contribution >= 4 is 11.7 Å². The van der Waals surface area contributed by atoms with Gasteiger partial charge in [0.15, 0.2) is 0 Å². The van der Waals surface area contributed by atoms with E-state index in [4.69, 9.17) is 20.9 Å². The van der Waals surface area contributed by atoms with Crippen molar-refractivity contribution < 1.29 is 13.9 Å². The normalized spacial score (nSPS) is 33.5. The number of hydrogen-bond donors (Lipinski definition) is 2. The number of nitrogen functional groups attached to an aromatic ring is 1. The second-order valence-electron chi connectivity index (χ2n) is 5.39. The molecular formula is C13H16FN3O2. The minimum atomic E-state index is -0.866. The maximum absolute atomic E-state index is 14.2. The molecular weight excluding hydrogens is 249 g/mol. The highest BCUT2D eigenvalue weighted by atomic mass is 19.1. The van der Waals surface area contributed by atoms with Crippen molar-refractivity contribution in [2.75, 3.05) is 25.6 Å². The van der Waals surface area contributed by atoms with Gasteiger partial charge in [0.1, 0.15) is 18.0 Å². The van der Waals surface area contributed by atoms with Crippen LogP contribution in [0.15, 0.2) is 23.2 Å². The lowest BCUT2D eigenvalue weighted by atomic mass is 9.69. The largest absolute Gasteiger partial charge is 0.465 e. The van der Waals surface area contributed by atoms with Crippen molar-refractivity contribution in [3.8, 4) is 0 Å². The zero-order valence-electron chi connectivity index (χ0n) is 10.6. The average molecular weight is 265 g/mol. The molecule has 0 aromatic heterocycles. The topological polar surface area (TPSA) is 82.9 Å². The molecule has 1 aromatic rings. The minimum Gasteiger partial charge on any atom is -0.465 e. The Morgan fingerprint density at radius 2 is 2.05 bits per heavy atom. The van der Waals surface area contributed by atoms with E-state index in [1.54, 1.807) is 6.07 Å². The Balaban J connectivity index is 2.24. The number of aliphatic imine (C=N–C) groups is 1. The third kappa shape index (κ3) is 1.59. The first-order chi connectivity index (χ1) is 8.97. The van der Waals surface area contributed by atoms with Crippen LogP contribution in [-0.2, 0) is 15.0 Å². The number of amidine groups is 1. The lowest BCUT2D eigenvalue weighted by Gasteiger charge is -2.42. The number of anilines is 1. The van der Waals surface area contributed by atoms with Crippen LogP contribution in [0.5, 0.6) is 0 Å². The van der Waals surface area contributed by atoms with Gasteiger partial charge in [-0.2, -0.15) is 0 Å². The summed E-state index contributed by atoms with van der Waals surface area (Å²) in [4.78, 5) is 4.37. The van der Waals surface area contributed by atoms with E-state index in [9.17, 15) is 4.39 Å². The number of hydrogen-bond acceptors (Lipinski definition) is 5. The predicted molar refractivity (Wildman–Crippen MR) is 69.0 cm³/mol. The van der Waals surface area contributed by atoms with E-state index in [-0.39, 0.29) is 18.4 Å². The molecule has 0 unspecified atom stereocenters. The molecule has 2 aliphatic heterocycles. The van der Waals surface area contributed by atoms with Gasteiger partial charge < -0.3 is 20.9 Å². The fourth-order valence-electron chi connectivity index (χ4n) is 2.82. The van der Waals surface area contributed by atoms with Crippen molar-refractivity contribution in [2.45, 2.75) is 12.5 Å². The first-order valence-electron chi connectivity index (χ1n) is 6.08. The third-order valence-corrected chi connectivity index (χ3v) is 4.01. The molecule has 2 heterocycles. The van der Waals surface area contributed by atoms with Gasteiger partial charge in [-0.3, -0.25) is 0 Å². The van der Waals surface area contributed by atoms with E-state index in [0.29, 0.717) is 24.5 Å². The average Bonchev–Trinajstić information content (AvgIpc) is 2.70. The smallest absolute Gasteiger partial charge is 0.282 e. The van der Waals surface area contributed by atoms with Crippen molar-refractivity contribution in [2.24, 2.45) is 16.1 Å². The predicted octanol–water partition coefficient (Wildman–Crippen LogP) is 0.985. The van der Waals surface area contributed by atoms with Gasteiger partial charge in [0, 0.05) is 11.3 Å². The molecule has 4 N–H and O–H groups in total. The van der Waals surface area contributed by atoms with Crippen LogP contribution in [0.4, 0.5) is 10.1 Å². The first-order valence-corrected chi connectivity index (χ1v) is 6.08. The van der Waals surface area contributed by atoms with Gasteiger partial charge in [0.2, 0.25) is 0 Å². The number of ether oxygens (including phenoxy) is 2. The molecule has 0 spiro atoms. The summed E-state index contributed by atoms with van der Waals surface area (Å²) in [6.07, 6.45) is 0. The molecule has 1 saturated heterocycles. The van der Waals surface area contributed by atoms with Crippen molar-refractivity contribution in [3.63, 3.8) is 0 Å². The molecule has 3 rings (SSSR count). The summed E-state index contributed by atoms with van der Waals surface area (Å²) in [5.74, 6) is -0.357. The highest BCUT2D eigenvalue weighted by Gasteiger charge is 2.58. The van der Waals surface area contributed by atoms with Gasteiger partial charge in [-0.05, 0) is 18.2 Å². The molecule has 0 bridgehead atoms. The van der Waals surface area contributed by atoms with Crippen LogP contribution in [0, 0.1) is 11.2 Å². The van der Waals surface area contributed by atoms with E-state index in [1.165, 1.54) is 12.1 Å². The van der Waals surface area contributed by atoms with Gasteiger partial charge in [-0.15, -0.1) is 0 Å². The molecule has 0 saturated carbocycles. The fraction of sp³-hybridized carbons (Fsp3) is 0.462. The molecule has 5 nitrogen and oxygen atoms in total. The molecule has 102 valence electrons. The fourth-order valence-corrected chi connectivity index (χ4v) is 2.82. The molecule has 1 aromatic carbocycles. The van der Waals surface area contributed by atoms with Gasteiger partial charge in [0.05, 0.1) is 18.6 Å². The van der Waals surface area contributed by atoms with Crippen LogP contribution in [-0.4, -0.2) is 25.8 Å². The van der Waals surface area contributed by atoms with Crippen molar-refractivity contribution in [1.82, 2.24) is 0 Å². The first kappa shape index (κ1) is 12.2. The van der Waals surface area contributed by atoms with E-state index in [0.717, 1.165) is 0 Å². The summed E-state index contributed by atoms with van der Waals surface area (Å²) in [6.45, 7) is 3.01. The van der Waals surface area contributed by atoms with E-state index in [1.807, 2.05) is 6.92 Å². The van der Waals surface area contributed by atoms with Crippen molar-refractivity contribution in [3.05, 3.63) is 29.6 Å². The Morgan fingerprint density at radius 3 is 2.84 bits per heavy atom. The summed E-state index contributed by atoms with van der Waals surface area (Å²) >= 11 is 0. The number of nitrogens with two attached hydrogens (primary N) is 2. The summed E-state index contributed by atoms with van der Waals surface area (Å²) in [6, 6.07) is 4.53. The van der Waals surface area contributed by atoms with Crippen LogP contribution < -0.4 is 11.5 Å². The molecule has 2 aliphatic rings. The maximum Gasteiger partial charge on any atom is 0.282 e. The summed E-state index contributed by atoms with van der Waals surface area (Å²) in [5, 5.41) is 0. The highest BCUT2D eigenvalue weighted by Crippen LogP contribution is 2.51. The number of fused-ring (bicyclic) bond motifs is 1. The summed E-state index contributed by atoms with van der Waals surface area (Å²) in [7, 11) is 0. The SMILES string of the molecule is C[C@@]12COC[C@]1(c1cc(N)ccc1F)N=C(N)OC2. The quantitative estimate of drug-likeness (QED) is 0.742. The Labute approximate surface area is 110 Å². The van der Waals surface area contributed by atoms with Gasteiger partial charge in [-0.25, -0.2) is 9.38 Å². The second kappa shape index (κ2) is 3.84. The zero-order valence-corrected chi connectivity index (χ0v) is 10.6. The van der Waals surface area contributed by atoms with Crippen LogP contribution >= 0.6 is 0 Å². The van der Waals surface area contributed by atoms with Crippen LogP contribution in [0.3, 0.4) is 0 Å². The van der Waals surface area contributed by atoms with Crippen LogP contribution in [0.25, 0.3) is 0 Å². The Hall–Kier alpha value is -1.82. The van der Waals surface area contributed by atoms with Crippen LogP contribution in [0.1, 0.15) is 12.5 Å². The Morgan fingerprint density at radius 1 is 1.26 bits per heavy atom. The lowest BCUT2D eigenvalue weighted by molar-refractivity contribution is 0.0665. The van der Waals surface area contributed by atoms with Crippen molar-refractivity contribution in [1.29, 1.82) is 0 Å². The monoisotopic (exact) mass is 265 g/mol. The van der Waals surface area contributed by atoms with E-state index >= 15 is 0 Å². The number of benzene rings is 1. The van der Waals surface area contributed by atoms with Gasteiger partial charge >= 0.3 is 0 Å². The molecule has 0 aliphatic carbocycles. The van der Waals surface area contributed by atoms with Gasteiger partial charge in [-0.1, -0.05) is 6.92 Å². The summed E-state index contributed by atoms with van der Waals surface area (Å²) in [5.41, 5.74) is 11.0. The molecule has 0 radical (unpaired) electrons. The lowest BCUT2D eigenvalue weighted by Crippen LogP contribution is -2.50. The molecule has 6 heteroatoms. The number of rotatable bonds is 1. The zero-order chi connectivity index (χ0) is 13.7. The molecule has 0 amide bonds. The second-order valence-corrected chi connectivity index (χ2v) is 5.39. The standard InChI is InChI=1S/C13H16FN3O2/c1-12-5-18-7-13(12,17-11(16)19-6-12)9-4-8(15)2-3-10(9)14/h2-4H,5-7,15H2,1H3,(H2,16,17)/t12-,13+/m0/s1. The molecule has 2 atom stereocenters. The maximum atomic E-state index is 14.2. The van der Waals surface area contributed by atoms with Gasteiger partial charge in [0.25, 0.3) is 6.02 Å². The highest BCUT2D eigenvalue weighted by molar-refractivity contribution is 5.73. The summed E-state index contributed by atoms with van der Waals surface area (Å²) < 4.78 is 25.1. The molecule has 19 heavy (non-hydrogen) atoms. The van der Waals surface area contributed by atoms with Crippen LogP contribution in [0.2, 0.25) is 0 Å². The van der Waals surface area contributed by atoms with E-state index in [2.05, 4.69) is 4.99 Å². The minimum absolute atomic E-state index is 0.0600.